The summed E-state index contributed by atoms with van der Waals surface area (Å²) >= 11 is 0. The molecule has 1 aliphatic carbocycles. The molecule has 1 saturated carbocycles. The van der Waals surface area contributed by atoms with Gasteiger partial charge >= 0.3 is 12.1 Å². The molecule has 3 heterocycles. The molecule has 1 amide bonds. The number of carbonyl (C=O) groups is 2. The third-order valence-corrected chi connectivity index (χ3v) is 12.2. The number of anilines is 1. The summed E-state index contributed by atoms with van der Waals surface area (Å²) < 4.78 is 65.6. The zero-order valence-electron chi connectivity index (χ0n) is 31.3. The monoisotopic (exact) mass is 745 g/mol. The Morgan fingerprint density at radius 2 is 1.64 bits per heavy atom. The molecular formula is C40H54F3N3O7. The first-order valence-electron chi connectivity index (χ1n) is 19.0. The predicted octanol–water partition coefficient (Wildman–Crippen LogP) is 6.18. The summed E-state index contributed by atoms with van der Waals surface area (Å²) in [7, 11) is 4.82. The highest BCUT2D eigenvalue weighted by Gasteiger charge is 2.58. The van der Waals surface area contributed by atoms with Crippen molar-refractivity contribution in [2.45, 2.75) is 93.7 Å². The number of carbonyl (C=O) groups excluding carboxylic acids is 1. The Kier molecular flexibility index (Phi) is 12.3. The number of benzene rings is 2. The SMILES string of the molecule is CCOC1CCC(N2C[C@@H](c3ccc(OC)cc3)[C@](OC)(C(=O)N3C[C@@H](c4ccc(C(F)(F)F)cc4N4CCC(C(=O)O)CC4)C[C@@H]3COC)C2)CC1. The van der Waals surface area contributed by atoms with Crippen LogP contribution in [0.5, 0.6) is 5.75 Å². The van der Waals surface area contributed by atoms with Gasteiger partial charge in [0.05, 0.1) is 37.3 Å². The van der Waals surface area contributed by atoms with Crippen molar-refractivity contribution in [1.82, 2.24) is 9.80 Å². The molecule has 53 heavy (non-hydrogen) atoms. The molecule has 0 bridgehead atoms. The molecule has 2 aromatic carbocycles. The third kappa shape index (κ3) is 8.18. The van der Waals surface area contributed by atoms with Crippen LogP contribution in [0.3, 0.4) is 0 Å². The maximum atomic E-state index is 15.3. The lowest BCUT2D eigenvalue weighted by Gasteiger charge is -2.39. The van der Waals surface area contributed by atoms with Crippen molar-refractivity contribution in [3.8, 4) is 5.75 Å². The van der Waals surface area contributed by atoms with Gasteiger partial charge < -0.3 is 33.9 Å². The van der Waals surface area contributed by atoms with Crippen LogP contribution in [0, 0.1) is 5.92 Å². The van der Waals surface area contributed by atoms with Gasteiger partial charge in [-0.25, -0.2) is 0 Å². The summed E-state index contributed by atoms with van der Waals surface area (Å²) in [5.74, 6) is -1.39. The summed E-state index contributed by atoms with van der Waals surface area (Å²) in [6, 6.07) is 11.6. The standard InChI is InChI=1S/C40H54F3N3O7/c1-5-53-33-13-9-30(10-14-33)45-23-35(26-6-11-32(51-3)12-7-26)39(25-45,52-4)38(49)46-22-28(20-31(46)24-50-2)34-15-8-29(40(41,42)43)21-36(34)44-18-16-27(17-19-44)37(47)48/h6-8,11-12,15,21,27-28,30-31,33,35H,5,9-10,13-14,16-20,22-25H2,1-4H3,(H,47,48)/t28-,30?,31+,33?,35-,39-/m0/s1. The van der Waals surface area contributed by atoms with E-state index in [0.717, 1.165) is 42.9 Å². The van der Waals surface area contributed by atoms with Crippen LogP contribution in [0.1, 0.15) is 80.4 Å². The first-order valence-corrected chi connectivity index (χ1v) is 19.0. The van der Waals surface area contributed by atoms with Gasteiger partial charge in [-0.3, -0.25) is 14.5 Å². The lowest BCUT2D eigenvalue weighted by molar-refractivity contribution is -0.157. The molecule has 0 radical (unpaired) electrons. The fourth-order valence-corrected chi connectivity index (χ4v) is 9.36. The number of piperidine rings is 1. The van der Waals surface area contributed by atoms with Crippen LogP contribution in [-0.4, -0.2) is 118 Å². The van der Waals surface area contributed by atoms with Gasteiger partial charge in [0, 0.05) is 77.1 Å². The maximum Gasteiger partial charge on any atom is 0.416 e. The largest absolute Gasteiger partial charge is 0.497 e. The Labute approximate surface area is 310 Å². The molecular weight excluding hydrogens is 691 g/mol. The average Bonchev–Trinajstić information content (AvgIpc) is 3.77. The number of ether oxygens (including phenoxy) is 4. The van der Waals surface area contributed by atoms with Crippen LogP contribution in [0.15, 0.2) is 42.5 Å². The van der Waals surface area contributed by atoms with Gasteiger partial charge in [-0.2, -0.15) is 13.2 Å². The molecule has 0 unspecified atom stereocenters. The highest BCUT2D eigenvalue weighted by molar-refractivity contribution is 5.88. The molecule has 0 aromatic heterocycles. The number of carboxylic acid groups (broad SMARTS) is 1. The number of nitrogens with zero attached hydrogens (tertiary/aromatic N) is 3. The van der Waals surface area contributed by atoms with E-state index < -0.39 is 29.2 Å². The summed E-state index contributed by atoms with van der Waals surface area (Å²) in [5.41, 5.74) is 0.179. The molecule has 4 aliphatic rings. The minimum atomic E-state index is -4.54. The molecule has 6 rings (SSSR count). The fourth-order valence-electron chi connectivity index (χ4n) is 9.36. The summed E-state index contributed by atoms with van der Waals surface area (Å²) in [5, 5.41) is 9.56. The van der Waals surface area contributed by atoms with Crippen molar-refractivity contribution in [2.24, 2.45) is 5.92 Å². The van der Waals surface area contributed by atoms with Gasteiger partial charge in [0.15, 0.2) is 5.60 Å². The van der Waals surface area contributed by atoms with Gasteiger partial charge in [0.25, 0.3) is 5.91 Å². The molecule has 10 nitrogen and oxygen atoms in total. The predicted molar refractivity (Wildman–Crippen MR) is 193 cm³/mol. The number of alkyl halides is 3. The van der Waals surface area contributed by atoms with E-state index in [9.17, 15) is 23.1 Å². The number of hydrogen-bond acceptors (Lipinski definition) is 8. The lowest BCUT2D eigenvalue weighted by Crippen LogP contribution is -2.57. The van der Waals surface area contributed by atoms with Crippen molar-refractivity contribution < 1.29 is 46.8 Å². The Bertz CT molecular complexity index is 1560. The summed E-state index contributed by atoms with van der Waals surface area (Å²) in [6.45, 7) is 4.98. The fraction of sp³-hybridized carbons (Fsp3) is 0.650. The van der Waals surface area contributed by atoms with Crippen LogP contribution in [-0.2, 0) is 30.0 Å². The molecule has 4 fully saturated rings. The second-order valence-electron chi connectivity index (χ2n) is 15.1. The number of carboxylic acids is 1. The van der Waals surface area contributed by atoms with Crippen LogP contribution < -0.4 is 9.64 Å². The van der Waals surface area contributed by atoms with Gasteiger partial charge in [-0.05, 0) is 87.3 Å². The number of rotatable bonds is 12. The summed E-state index contributed by atoms with van der Waals surface area (Å²) in [6.07, 6.45) is 0.757. The van der Waals surface area contributed by atoms with E-state index in [1.54, 1.807) is 27.4 Å². The Morgan fingerprint density at radius 1 is 0.943 bits per heavy atom. The second-order valence-corrected chi connectivity index (χ2v) is 15.1. The van der Waals surface area contributed by atoms with Crippen LogP contribution in [0.25, 0.3) is 0 Å². The summed E-state index contributed by atoms with van der Waals surface area (Å²) in [4.78, 5) is 33.1. The van der Waals surface area contributed by atoms with E-state index in [2.05, 4.69) is 4.90 Å². The molecule has 0 spiro atoms. The van der Waals surface area contributed by atoms with Gasteiger partial charge in [-0.1, -0.05) is 18.2 Å². The maximum absolute atomic E-state index is 15.3. The van der Waals surface area contributed by atoms with Crippen molar-refractivity contribution in [3.63, 3.8) is 0 Å². The van der Waals surface area contributed by atoms with Crippen LogP contribution in [0.2, 0.25) is 0 Å². The average molecular weight is 746 g/mol. The van der Waals surface area contributed by atoms with E-state index in [1.165, 1.54) is 6.07 Å². The zero-order chi connectivity index (χ0) is 37.9. The minimum Gasteiger partial charge on any atom is -0.497 e. The quantitative estimate of drug-likeness (QED) is 0.273. The van der Waals surface area contributed by atoms with Gasteiger partial charge in [0.2, 0.25) is 0 Å². The number of likely N-dealkylation sites (tertiary alicyclic amines) is 2. The first-order chi connectivity index (χ1) is 25.4. The highest BCUT2D eigenvalue weighted by atomic mass is 19.4. The number of amides is 1. The van der Waals surface area contributed by atoms with Gasteiger partial charge in [0.1, 0.15) is 5.75 Å². The highest BCUT2D eigenvalue weighted by Crippen LogP contribution is 2.47. The van der Waals surface area contributed by atoms with E-state index >= 15 is 4.79 Å². The first kappa shape index (κ1) is 39.3. The third-order valence-electron chi connectivity index (χ3n) is 12.2. The van der Waals surface area contributed by atoms with E-state index in [-0.39, 0.29) is 49.1 Å². The second kappa shape index (κ2) is 16.5. The number of aliphatic carboxylic acids is 1. The lowest BCUT2D eigenvalue weighted by atomic mass is 9.83. The van der Waals surface area contributed by atoms with Gasteiger partial charge in [-0.15, -0.1) is 0 Å². The van der Waals surface area contributed by atoms with E-state index in [1.807, 2.05) is 41.0 Å². The van der Waals surface area contributed by atoms with Crippen LogP contribution >= 0.6 is 0 Å². The molecule has 292 valence electrons. The van der Waals surface area contributed by atoms with E-state index in [0.29, 0.717) is 63.5 Å². The van der Waals surface area contributed by atoms with Crippen LogP contribution in [0.4, 0.5) is 18.9 Å². The van der Waals surface area contributed by atoms with Crippen molar-refractivity contribution >= 4 is 17.6 Å². The normalized spacial score (nSPS) is 28.8. The topological polar surface area (TPSA) is 101 Å². The number of methoxy groups -OCH3 is 3. The molecule has 3 aliphatic heterocycles. The number of hydrogen-bond donors (Lipinski definition) is 1. The van der Waals surface area contributed by atoms with Crippen molar-refractivity contribution in [2.75, 3.05) is 72.2 Å². The van der Waals surface area contributed by atoms with Crippen molar-refractivity contribution in [1.29, 1.82) is 0 Å². The van der Waals surface area contributed by atoms with E-state index in [4.69, 9.17) is 18.9 Å². The molecule has 1 N–H and O–H groups in total. The number of halogens is 3. The Balaban J connectivity index is 1.32. The Hall–Kier alpha value is -3.39. The smallest absolute Gasteiger partial charge is 0.416 e. The zero-order valence-corrected chi connectivity index (χ0v) is 31.3. The molecule has 2 aromatic rings. The molecule has 13 heteroatoms. The minimum absolute atomic E-state index is 0.147. The molecule has 4 atom stereocenters. The Morgan fingerprint density at radius 3 is 2.23 bits per heavy atom. The van der Waals surface area contributed by atoms with Crippen molar-refractivity contribution in [3.05, 3.63) is 59.2 Å². The molecule has 3 saturated heterocycles.